The third kappa shape index (κ3) is 2.22. The van der Waals surface area contributed by atoms with Crippen LogP contribution in [0.1, 0.15) is 0 Å². The molecule has 0 fully saturated rings. The van der Waals surface area contributed by atoms with Crippen LogP contribution in [0.25, 0.3) is 21.9 Å². The maximum absolute atomic E-state index is 3.66. The predicted octanol–water partition coefficient (Wildman–Crippen LogP) is 5.39. The van der Waals surface area contributed by atoms with Crippen molar-refractivity contribution in [3.63, 3.8) is 0 Å². The van der Waals surface area contributed by atoms with E-state index in [1.807, 2.05) is 0 Å². The van der Waals surface area contributed by atoms with Gasteiger partial charge in [-0.1, -0.05) is 79.8 Å². The Bertz CT molecular complexity index is 1140. The molecule has 0 bridgehead atoms. The maximum atomic E-state index is 3.66. The minimum absolute atomic E-state index is 1.16. The van der Waals surface area contributed by atoms with E-state index in [9.17, 15) is 0 Å². The van der Waals surface area contributed by atoms with Crippen LogP contribution in [-0.4, -0.2) is 8.07 Å². The SMILES string of the molecule is C[Si]1(C)c2ccccc2-c2ccc(Nc3cccc4ccccc34)cc21. The Hall–Kier alpha value is -2.84. The Morgan fingerprint density at radius 1 is 0.654 bits per heavy atom. The second kappa shape index (κ2) is 5.58. The molecular weight excluding hydrogens is 330 g/mol. The lowest BCUT2D eigenvalue weighted by Crippen LogP contribution is -2.49. The van der Waals surface area contributed by atoms with Gasteiger partial charge in [0.2, 0.25) is 0 Å². The molecule has 0 aliphatic carbocycles. The monoisotopic (exact) mass is 351 g/mol. The topological polar surface area (TPSA) is 12.0 Å². The fourth-order valence-corrected chi connectivity index (χ4v) is 7.37. The second-order valence-corrected chi connectivity index (χ2v) is 11.9. The first-order valence-electron chi connectivity index (χ1n) is 9.14. The van der Waals surface area contributed by atoms with Gasteiger partial charge in [-0.3, -0.25) is 0 Å². The normalized spacial score (nSPS) is 14.1. The molecule has 0 amide bonds. The lowest BCUT2D eigenvalue weighted by atomic mass is 10.1. The van der Waals surface area contributed by atoms with Crippen molar-refractivity contribution in [3.8, 4) is 11.1 Å². The minimum Gasteiger partial charge on any atom is -0.355 e. The zero-order chi connectivity index (χ0) is 17.7. The molecule has 0 saturated carbocycles. The predicted molar refractivity (Wildman–Crippen MR) is 116 cm³/mol. The zero-order valence-electron chi connectivity index (χ0n) is 15.1. The summed E-state index contributed by atoms with van der Waals surface area (Å²) in [5, 5.41) is 9.27. The Kier molecular flexibility index (Phi) is 3.31. The van der Waals surface area contributed by atoms with Crippen LogP contribution in [0.2, 0.25) is 13.1 Å². The van der Waals surface area contributed by atoms with E-state index in [2.05, 4.69) is 103 Å². The van der Waals surface area contributed by atoms with Crippen LogP contribution < -0.4 is 15.7 Å². The third-order valence-corrected chi connectivity index (χ3v) is 9.20. The molecule has 0 spiro atoms. The van der Waals surface area contributed by atoms with Gasteiger partial charge < -0.3 is 5.32 Å². The fourth-order valence-electron chi connectivity index (χ4n) is 4.27. The molecule has 2 heteroatoms. The van der Waals surface area contributed by atoms with E-state index >= 15 is 0 Å². The molecule has 5 rings (SSSR count). The highest BCUT2D eigenvalue weighted by atomic mass is 28.3. The van der Waals surface area contributed by atoms with E-state index in [0.717, 1.165) is 5.69 Å². The first-order valence-corrected chi connectivity index (χ1v) is 12.1. The fraction of sp³-hybridized carbons (Fsp3) is 0.0833. The van der Waals surface area contributed by atoms with Crippen LogP contribution in [-0.2, 0) is 0 Å². The van der Waals surface area contributed by atoms with Crippen LogP contribution in [0.5, 0.6) is 0 Å². The quantitative estimate of drug-likeness (QED) is 0.478. The van der Waals surface area contributed by atoms with Gasteiger partial charge in [-0.15, -0.1) is 0 Å². The Labute approximate surface area is 155 Å². The summed E-state index contributed by atoms with van der Waals surface area (Å²) < 4.78 is 0. The van der Waals surface area contributed by atoms with Crippen molar-refractivity contribution in [1.29, 1.82) is 0 Å². The molecule has 0 aromatic heterocycles. The number of fused-ring (bicyclic) bond motifs is 4. The lowest BCUT2D eigenvalue weighted by molar-refractivity contribution is 1.59. The van der Waals surface area contributed by atoms with Crippen molar-refractivity contribution >= 4 is 40.6 Å². The zero-order valence-corrected chi connectivity index (χ0v) is 16.1. The van der Waals surface area contributed by atoms with Gasteiger partial charge in [0.25, 0.3) is 0 Å². The van der Waals surface area contributed by atoms with Gasteiger partial charge in [0.1, 0.15) is 8.07 Å². The molecule has 0 unspecified atom stereocenters. The van der Waals surface area contributed by atoms with Gasteiger partial charge in [-0.05, 0) is 45.1 Å². The van der Waals surface area contributed by atoms with E-state index in [1.165, 1.54) is 32.8 Å². The average molecular weight is 352 g/mol. The molecule has 0 saturated heterocycles. The van der Waals surface area contributed by atoms with E-state index in [4.69, 9.17) is 0 Å². The maximum Gasteiger partial charge on any atom is 0.113 e. The van der Waals surface area contributed by atoms with E-state index in [0.29, 0.717) is 0 Å². The van der Waals surface area contributed by atoms with Crippen molar-refractivity contribution in [3.05, 3.63) is 84.9 Å². The molecule has 1 aliphatic heterocycles. The smallest absolute Gasteiger partial charge is 0.113 e. The number of benzene rings is 4. The molecule has 26 heavy (non-hydrogen) atoms. The number of nitrogens with one attached hydrogen (secondary N) is 1. The summed E-state index contributed by atoms with van der Waals surface area (Å²) in [4.78, 5) is 0. The standard InChI is InChI=1S/C24H21NSi/c1-26(2)23-13-6-5-11-20(23)21-15-14-18(16-24(21)26)25-22-12-7-9-17-8-3-4-10-19(17)22/h3-16,25H,1-2H3. The van der Waals surface area contributed by atoms with Crippen molar-refractivity contribution in [2.45, 2.75) is 13.1 Å². The van der Waals surface area contributed by atoms with Crippen LogP contribution in [0.15, 0.2) is 84.9 Å². The first-order chi connectivity index (χ1) is 12.6. The molecule has 0 atom stereocenters. The second-order valence-electron chi connectivity index (χ2n) is 7.58. The Morgan fingerprint density at radius 2 is 1.38 bits per heavy atom. The van der Waals surface area contributed by atoms with Crippen LogP contribution >= 0.6 is 0 Å². The minimum atomic E-state index is -1.62. The van der Waals surface area contributed by atoms with Crippen molar-refractivity contribution in [1.82, 2.24) is 0 Å². The molecule has 1 nitrogen and oxygen atoms in total. The Morgan fingerprint density at radius 3 is 2.31 bits per heavy atom. The Balaban J connectivity index is 1.60. The molecular formula is C24H21NSi. The van der Waals surface area contributed by atoms with Crippen molar-refractivity contribution < 1.29 is 0 Å². The molecule has 4 aromatic rings. The van der Waals surface area contributed by atoms with Crippen LogP contribution in [0.4, 0.5) is 11.4 Å². The third-order valence-electron chi connectivity index (χ3n) is 5.65. The van der Waals surface area contributed by atoms with E-state index in [1.54, 1.807) is 5.19 Å². The van der Waals surface area contributed by atoms with Gasteiger partial charge in [-0.25, -0.2) is 0 Å². The highest BCUT2D eigenvalue weighted by molar-refractivity contribution is 7.03. The molecule has 4 aromatic carbocycles. The molecule has 1 heterocycles. The van der Waals surface area contributed by atoms with E-state index in [-0.39, 0.29) is 0 Å². The lowest BCUT2D eigenvalue weighted by Gasteiger charge is -2.19. The van der Waals surface area contributed by atoms with E-state index < -0.39 is 8.07 Å². The average Bonchev–Trinajstić information content (AvgIpc) is 2.90. The summed E-state index contributed by atoms with van der Waals surface area (Å²) in [6.45, 7) is 4.92. The summed E-state index contributed by atoms with van der Waals surface area (Å²) in [7, 11) is -1.62. The number of hydrogen-bond donors (Lipinski definition) is 1. The molecule has 1 aliphatic rings. The van der Waals surface area contributed by atoms with Gasteiger partial charge in [-0.2, -0.15) is 0 Å². The molecule has 0 radical (unpaired) electrons. The van der Waals surface area contributed by atoms with Crippen molar-refractivity contribution in [2.75, 3.05) is 5.32 Å². The number of rotatable bonds is 2. The van der Waals surface area contributed by atoms with Crippen molar-refractivity contribution in [2.24, 2.45) is 0 Å². The highest BCUT2D eigenvalue weighted by Crippen LogP contribution is 2.31. The molecule has 1 N–H and O–H groups in total. The summed E-state index contributed by atoms with van der Waals surface area (Å²) in [5.74, 6) is 0. The first kappa shape index (κ1) is 15.4. The molecule has 126 valence electrons. The van der Waals surface area contributed by atoms with Crippen LogP contribution in [0.3, 0.4) is 0 Å². The van der Waals surface area contributed by atoms with Gasteiger partial charge >= 0.3 is 0 Å². The van der Waals surface area contributed by atoms with Gasteiger partial charge in [0.05, 0.1) is 0 Å². The van der Waals surface area contributed by atoms with Crippen LogP contribution in [0, 0.1) is 0 Å². The largest absolute Gasteiger partial charge is 0.355 e. The summed E-state index contributed by atoms with van der Waals surface area (Å²) in [5.41, 5.74) is 5.18. The van der Waals surface area contributed by atoms with Gasteiger partial charge in [0.15, 0.2) is 0 Å². The summed E-state index contributed by atoms with van der Waals surface area (Å²) >= 11 is 0. The summed E-state index contributed by atoms with van der Waals surface area (Å²) in [6, 6.07) is 30.8. The summed E-state index contributed by atoms with van der Waals surface area (Å²) in [6.07, 6.45) is 0. The number of hydrogen-bond acceptors (Lipinski definition) is 1. The van der Waals surface area contributed by atoms with Gasteiger partial charge in [0, 0.05) is 16.8 Å². The highest BCUT2D eigenvalue weighted by Gasteiger charge is 2.37. The number of anilines is 2.